The van der Waals surface area contributed by atoms with Gasteiger partial charge in [-0.1, -0.05) is 12.8 Å². The van der Waals surface area contributed by atoms with Crippen molar-refractivity contribution in [3.63, 3.8) is 0 Å². The summed E-state index contributed by atoms with van der Waals surface area (Å²) in [5.74, 6) is 1.15. The van der Waals surface area contributed by atoms with Gasteiger partial charge in [0.2, 0.25) is 5.91 Å². The van der Waals surface area contributed by atoms with Crippen molar-refractivity contribution in [3.05, 3.63) is 0 Å². The lowest BCUT2D eigenvalue weighted by atomic mass is 9.79. The number of carbonyl (C=O) groups excluding carboxylic acids is 1. The standard InChI is InChI=1S/C12H24N2O/c1-9(2)14-12(15)11-5-3-4-10(8-11)6-7-13/h9-11H,3-8,13H2,1-2H3,(H,14,15). The van der Waals surface area contributed by atoms with E-state index >= 15 is 0 Å². The molecule has 0 aromatic rings. The fraction of sp³-hybridized carbons (Fsp3) is 0.917. The van der Waals surface area contributed by atoms with Crippen LogP contribution in [-0.4, -0.2) is 18.5 Å². The number of hydrogen-bond acceptors (Lipinski definition) is 2. The maximum atomic E-state index is 11.8. The molecule has 0 spiro atoms. The summed E-state index contributed by atoms with van der Waals surface area (Å²) in [6.45, 7) is 4.78. The lowest BCUT2D eigenvalue weighted by Gasteiger charge is -2.28. The molecule has 3 N–H and O–H groups in total. The molecule has 3 heteroatoms. The third kappa shape index (κ3) is 4.20. The fourth-order valence-electron chi connectivity index (χ4n) is 2.43. The molecule has 2 atom stereocenters. The van der Waals surface area contributed by atoms with Gasteiger partial charge in [-0.25, -0.2) is 0 Å². The first-order valence-corrected chi connectivity index (χ1v) is 6.14. The zero-order chi connectivity index (χ0) is 11.3. The van der Waals surface area contributed by atoms with Crippen molar-refractivity contribution >= 4 is 5.91 Å². The first-order chi connectivity index (χ1) is 7.13. The van der Waals surface area contributed by atoms with Crippen LogP contribution in [0, 0.1) is 11.8 Å². The summed E-state index contributed by atoms with van der Waals surface area (Å²) in [5.41, 5.74) is 5.56. The van der Waals surface area contributed by atoms with E-state index in [9.17, 15) is 4.79 Å². The van der Waals surface area contributed by atoms with Crippen LogP contribution in [0.3, 0.4) is 0 Å². The molecular weight excluding hydrogens is 188 g/mol. The van der Waals surface area contributed by atoms with Crippen molar-refractivity contribution in [2.45, 2.75) is 52.0 Å². The largest absolute Gasteiger partial charge is 0.354 e. The average Bonchev–Trinajstić information content (AvgIpc) is 2.17. The average molecular weight is 212 g/mol. The predicted molar refractivity (Wildman–Crippen MR) is 62.4 cm³/mol. The summed E-state index contributed by atoms with van der Waals surface area (Å²) < 4.78 is 0. The van der Waals surface area contributed by atoms with Crippen molar-refractivity contribution < 1.29 is 4.79 Å². The van der Waals surface area contributed by atoms with Crippen molar-refractivity contribution in [2.24, 2.45) is 17.6 Å². The van der Waals surface area contributed by atoms with E-state index in [-0.39, 0.29) is 17.9 Å². The summed E-state index contributed by atoms with van der Waals surface area (Å²) in [6, 6.07) is 0.257. The van der Waals surface area contributed by atoms with Gasteiger partial charge in [-0.3, -0.25) is 4.79 Å². The molecule has 1 aliphatic carbocycles. The highest BCUT2D eigenvalue weighted by Crippen LogP contribution is 2.30. The lowest BCUT2D eigenvalue weighted by Crippen LogP contribution is -2.37. The molecule has 0 saturated heterocycles. The van der Waals surface area contributed by atoms with Crippen LogP contribution in [0.5, 0.6) is 0 Å². The third-order valence-electron chi connectivity index (χ3n) is 3.16. The molecule has 15 heavy (non-hydrogen) atoms. The topological polar surface area (TPSA) is 55.1 Å². The van der Waals surface area contributed by atoms with Crippen molar-refractivity contribution in [1.29, 1.82) is 0 Å². The highest BCUT2D eigenvalue weighted by atomic mass is 16.1. The molecular formula is C12H24N2O. The number of amides is 1. The van der Waals surface area contributed by atoms with E-state index in [1.807, 2.05) is 13.8 Å². The van der Waals surface area contributed by atoms with Gasteiger partial charge in [0.1, 0.15) is 0 Å². The Morgan fingerprint density at radius 1 is 1.47 bits per heavy atom. The Labute approximate surface area is 92.8 Å². The highest BCUT2D eigenvalue weighted by molar-refractivity contribution is 5.78. The quantitative estimate of drug-likeness (QED) is 0.744. The molecule has 3 nitrogen and oxygen atoms in total. The van der Waals surface area contributed by atoms with Crippen LogP contribution >= 0.6 is 0 Å². The van der Waals surface area contributed by atoms with Gasteiger partial charge in [-0.15, -0.1) is 0 Å². The minimum atomic E-state index is 0.234. The summed E-state index contributed by atoms with van der Waals surface area (Å²) >= 11 is 0. The summed E-state index contributed by atoms with van der Waals surface area (Å²) in [4.78, 5) is 11.8. The Balaban J connectivity index is 2.38. The van der Waals surface area contributed by atoms with Gasteiger partial charge >= 0.3 is 0 Å². The fourth-order valence-corrected chi connectivity index (χ4v) is 2.43. The molecule has 1 fully saturated rings. The van der Waals surface area contributed by atoms with E-state index in [4.69, 9.17) is 5.73 Å². The molecule has 88 valence electrons. The van der Waals surface area contributed by atoms with Crippen molar-refractivity contribution in [2.75, 3.05) is 6.54 Å². The van der Waals surface area contributed by atoms with Crippen LogP contribution in [0.4, 0.5) is 0 Å². The number of nitrogens with two attached hydrogens (primary N) is 1. The van der Waals surface area contributed by atoms with Gasteiger partial charge in [0.15, 0.2) is 0 Å². The van der Waals surface area contributed by atoms with Crippen LogP contribution < -0.4 is 11.1 Å². The lowest BCUT2D eigenvalue weighted by molar-refractivity contribution is -0.127. The number of rotatable bonds is 4. The molecule has 2 unspecified atom stereocenters. The van der Waals surface area contributed by atoms with Gasteiger partial charge in [0.05, 0.1) is 0 Å². The molecule has 1 amide bonds. The van der Waals surface area contributed by atoms with E-state index in [2.05, 4.69) is 5.32 Å². The Hall–Kier alpha value is -0.570. The Kier molecular flexibility index (Phi) is 5.09. The minimum Gasteiger partial charge on any atom is -0.354 e. The van der Waals surface area contributed by atoms with E-state index < -0.39 is 0 Å². The van der Waals surface area contributed by atoms with Crippen LogP contribution in [0.2, 0.25) is 0 Å². The Morgan fingerprint density at radius 3 is 2.80 bits per heavy atom. The Bertz CT molecular complexity index is 202. The first-order valence-electron chi connectivity index (χ1n) is 6.14. The monoisotopic (exact) mass is 212 g/mol. The molecule has 1 aliphatic rings. The number of nitrogens with one attached hydrogen (secondary N) is 1. The van der Waals surface area contributed by atoms with E-state index in [0.717, 1.165) is 25.8 Å². The van der Waals surface area contributed by atoms with E-state index in [1.165, 1.54) is 12.8 Å². The van der Waals surface area contributed by atoms with Gasteiger partial charge < -0.3 is 11.1 Å². The van der Waals surface area contributed by atoms with E-state index in [1.54, 1.807) is 0 Å². The third-order valence-corrected chi connectivity index (χ3v) is 3.16. The van der Waals surface area contributed by atoms with E-state index in [0.29, 0.717) is 5.92 Å². The number of carbonyl (C=O) groups is 1. The highest BCUT2D eigenvalue weighted by Gasteiger charge is 2.26. The van der Waals surface area contributed by atoms with Gasteiger partial charge in [0, 0.05) is 12.0 Å². The van der Waals surface area contributed by atoms with Gasteiger partial charge in [0.25, 0.3) is 0 Å². The molecule has 0 aliphatic heterocycles. The maximum Gasteiger partial charge on any atom is 0.223 e. The maximum absolute atomic E-state index is 11.8. The normalized spacial score (nSPS) is 26.7. The molecule has 0 radical (unpaired) electrons. The molecule has 0 aromatic carbocycles. The molecule has 0 heterocycles. The zero-order valence-corrected chi connectivity index (χ0v) is 9.96. The van der Waals surface area contributed by atoms with Crippen molar-refractivity contribution in [3.8, 4) is 0 Å². The van der Waals surface area contributed by atoms with Crippen LogP contribution in [-0.2, 0) is 4.79 Å². The minimum absolute atomic E-state index is 0.234. The SMILES string of the molecule is CC(C)NC(=O)C1CCCC(CCN)C1. The molecule has 0 bridgehead atoms. The van der Waals surface area contributed by atoms with Gasteiger partial charge in [-0.05, 0) is 45.6 Å². The zero-order valence-electron chi connectivity index (χ0n) is 9.96. The second-order valence-corrected chi connectivity index (χ2v) is 4.97. The summed E-state index contributed by atoms with van der Waals surface area (Å²) in [5, 5.41) is 3.00. The smallest absolute Gasteiger partial charge is 0.223 e. The van der Waals surface area contributed by atoms with Crippen LogP contribution in [0.25, 0.3) is 0 Å². The van der Waals surface area contributed by atoms with Crippen LogP contribution in [0.1, 0.15) is 46.0 Å². The molecule has 1 saturated carbocycles. The second kappa shape index (κ2) is 6.11. The van der Waals surface area contributed by atoms with Crippen molar-refractivity contribution in [1.82, 2.24) is 5.32 Å². The molecule has 1 rings (SSSR count). The first kappa shape index (κ1) is 12.5. The van der Waals surface area contributed by atoms with Gasteiger partial charge in [-0.2, -0.15) is 0 Å². The molecule has 0 aromatic heterocycles. The summed E-state index contributed by atoms with van der Waals surface area (Å²) in [7, 11) is 0. The Morgan fingerprint density at radius 2 is 2.20 bits per heavy atom. The number of hydrogen-bond donors (Lipinski definition) is 2. The second-order valence-electron chi connectivity index (χ2n) is 4.97. The van der Waals surface area contributed by atoms with Crippen LogP contribution in [0.15, 0.2) is 0 Å². The summed E-state index contributed by atoms with van der Waals surface area (Å²) in [6.07, 6.45) is 5.60. The predicted octanol–water partition coefficient (Wildman–Crippen LogP) is 1.67.